The van der Waals surface area contributed by atoms with Crippen molar-refractivity contribution in [1.82, 2.24) is 0 Å². The molecule has 1 aliphatic carbocycles. The molecule has 0 spiro atoms. The molecular formula is C13H23N. The van der Waals surface area contributed by atoms with Gasteiger partial charge in [-0.3, -0.25) is 0 Å². The Hall–Kier alpha value is -0.510. The summed E-state index contributed by atoms with van der Waals surface area (Å²) in [4.78, 5) is 0. The van der Waals surface area contributed by atoms with Gasteiger partial charge in [0.25, 0.3) is 0 Å². The molecule has 80 valence electrons. The molecule has 1 aliphatic rings. The van der Waals surface area contributed by atoms with Crippen LogP contribution >= 0.6 is 0 Å². The maximum Gasteiger partial charge on any atom is 0.0689 e. The summed E-state index contributed by atoms with van der Waals surface area (Å²) in [6.45, 7) is 6.81. The average molecular weight is 193 g/mol. The summed E-state index contributed by atoms with van der Waals surface area (Å²) in [7, 11) is 0. The fourth-order valence-electron chi connectivity index (χ4n) is 2.99. The van der Waals surface area contributed by atoms with E-state index in [4.69, 9.17) is 0 Å². The molecule has 0 aromatic rings. The second kappa shape index (κ2) is 4.82. The SMILES string of the molecule is CCCC(C)CC1(C#N)CCC(C)C1. The van der Waals surface area contributed by atoms with E-state index in [-0.39, 0.29) is 5.41 Å². The standard InChI is InChI=1S/C13H23N/c1-4-5-11(2)8-13(10-14)7-6-12(3)9-13/h11-12H,4-9H2,1-3H3. The molecule has 0 aromatic carbocycles. The fourth-order valence-corrected chi connectivity index (χ4v) is 2.99. The highest BCUT2D eigenvalue weighted by molar-refractivity contribution is 5.03. The zero-order valence-electron chi connectivity index (χ0n) is 9.84. The zero-order chi connectivity index (χ0) is 10.6. The monoisotopic (exact) mass is 193 g/mol. The van der Waals surface area contributed by atoms with Crippen LogP contribution in [0.25, 0.3) is 0 Å². The van der Waals surface area contributed by atoms with Crippen molar-refractivity contribution in [3.63, 3.8) is 0 Å². The first-order valence-electron chi connectivity index (χ1n) is 6.03. The summed E-state index contributed by atoms with van der Waals surface area (Å²) in [5.74, 6) is 1.49. The lowest BCUT2D eigenvalue weighted by Gasteiger charge is -2.24. The van der Waals surface area contributed by atoms with Crippen molar-refractivity contribution in [3.8, 4) is 6.07 Å². The van der Waals surface area contributed by atoms with Gasteiger partial charge >= 0.3 is 0 Å². The number of hydrogen-bond donors (Lipinski definition) is 0. The topological polar surface area (TPSA) is 23.8 Å². The zero-order valence-corrected chi connectivity index (χ0v) is 9.84. The lowest BCUT2D eigenvalue weighted by atomic mass is 9.78. The van der Waals surface area contributed by atoms with Crippen LogP contribution in [-0.2, 0) is 0 Å². The third-order valence-corrected chi connectivity index (χ3v) is 3.61. The minimum absolute atomic E-state index is 0.0357. The van der Waals surface area contributed by atoms with E-state index in [1.165, 1.54) is 19.3 Å². The van der Waals surface area contributed by atoms with Gasteiger partial charge in [-0.2, -0.15) is 5.26 Å². The van der Waals surface area contributed by atoms with Crippen LogP contribution in [0, 0.1) is 28.6 Å². The summed E-state index contributed by atoms with van der Waals surface area (Å²) in [6.07, 6.45) is 7.18. The fraction of sp³-hybridized carbons (Fsp3) is 0.923. The lowest BCUT2D eigenvalue weighted by molar-refractivity contribution is 0.290. The molecule has 1 fully saturated rings. The molecule has 3 atom stereocenters. The average Bonchev–Trinajstić information content (AvgIpc) is 2.48. The number of nitrogens with zero attached hydrogens (tertiary/aromatic N) is 1. The number of hydrogen-bond acceptors (Lipinski definition) is 1. The van der Waals surface area contributed by atoms with Crippen LogP contribution in [0.4, 0.5) is 0 Å². The molecule has 0 bridgehead atoms. The van der Waals surface area contributed by atoms with Gasteiger partial charge in [-0.15, -0.1) is 0 Å². The molecule has 0 heterocycles. The minimum Gasteiger partial charge on any atom is -0.198 e. The second-order valence-electron chi connectivity index (χ2n) is 5.34. The first kappa shape index (κ1) is 11.6. The predicted molar refractivity (Wildman–Crippen MR) is 59.8 cm³/mol. The molecule has 1 heteroatoms. The third kappa shape index (κ3) is 2.74. The highest BCUT2D eigenvalue weighted by Crippen LogP contribution is 2.45. The van der Waals surface area contributed by atoms with Gasteiger partial charge < -0.3 is 0 Å². The Bertz CT molecular complexity index is 216. The van der Waals surface area contributed by atoms with Gasteiger partial charge in [0.2, 0.25) is 0 Å². The van der Waals surface area contributed by atoms with Gasteiger partial charge in [-0.25, -0.2) is 0 Å². The van der Waals surface area contributed by atoms with E-state index >= 15 is 0 Å². The molecule has 0 aromatic heterocycles. The molecule has 1 nitrogen and oxygen atoms in total. The molecule has 0 amide bonds. The van der Waals surface area contributed by atoms with Crippen LogP contribution < -0.4 is 0 Å². The summed E-state index contributed by atoms with van der Waals surface area (Å²) in [5, 5.41) is 9.30. The van der Waals surface area contributed by atoms with Crippen molar-refractivity contribution >= 4 is 0 Å². The van der Waals surface area contributed by atoms with E-state index < -0.39 is 0 Å². The summed E-state index contributed by atoms with van der Waals surface area (Å²) >= 11 is 0. The van der Waals surface area contributed by atoms with Gasteiger partial charge in [-0.05, 0) is 37.5 Å². The highest BCUT2D eigenvalue weighted by Gasteiger charge is 2.38. The van der Waals surface area contributed by atoms with Crippen LogP contribution in [0.3, 0.4) is 0 Å². The Morgan fingerprint density at radius 2 is 2.29 bits per heavy atom. The van der Waals surface area contributed by atoms with Crippen molar-refractivity contribution in [1.29, 1.82) is 5.26 Å². The Morgan fingerprint density at radius 3 is 2.71 bits per heavy atom. The van der Waals surface area contributed by atoms with Gasteiger partial charge in [0.1, 0.15) is 0 Å². The number of rotatable bonds is 4. The van der Waals surface area contributed by atoms with Gasteiger partial charge in [-0.1, -0.05) is 33.6 Å². The quantitative estimate of drug-likeness (QED) is 0.658. The molecular weight excluding hydrogens is 170 g/mol. The molecule has 14 heavy (non-hydrogen) atoms. The van der Waals surface area contributed by atoms with E-state index in [2.05, 4.69) is 26.8 Å². The molecule has 0 radical (unpaired) electrons. The Morgan fingerprint density at radius 1 is 1.57 bits per heavy atom. The minimum atomic E-state index is 0.0357. The maximum atomic E-state index is 9.30. The Balaban J connectivity index is 2.51. The van der Waals surface area contributed by atoms with Crippen molar-refractivity contribution in [2.75, 3.05) is 0 Å². The summed E-state index contributed by atoms with van der Waals surface area (Å²) < 4.78 is 0. The molecule has 0 N–H and O–H groups in total. The summed E-state index contributed by atoms with van der Waals surface area (Å²) in [6, 6.07) is 2.60. The van der Waals surface area contributed by atoms with Crippen molar-refractivity contribution in [2.45, 2.75) is 59.3 Å². The molecule has 0 aliphatic heterocycles. The smallest absolute Gasteiger partial charge is 0.0689 e. The normalized spacial score (nSPS) is 34.0. The van der Waals surface area contributed by atoms with E-state index in [0.29, 0.717) is 0 Å². The van der Waals surface area contributed by atoms with E-state index in [1.54, 1.807) is 0 Å². The molecule has 0 saturated heterocycles. The second-order valence-corrected chi connectivity index (χ2v) is 5.34. The molecule has 1 saturated carbocycles. The van der Waals surface area contributed by atoms with Crippen LogP contribution in [-0.4, -0.2) is 0 Å². The van der Waals surface area contributed by atoms with E-state index in [1.807, 2.05) is 0 Å². The van der Waals surface area contributed by atoms with Crippen molar-refractivity contribution in [3.05, 3.63) is 0 Å². The first-order valence-corrected chi connectivity index (χ1v) is 6.03. The van der Waals surface area contributed by atoms with E-state index in [9.17, 15) is 5.26 Å². The Kier molecular flexibility index (Phi) is 3.98. The van der Waals surface area contributed by atoms with Crippen LogP contribution in [0.1, 0.15) is 59.3 Å². The van der Waals surface area contributed by atoms with Crippen LogP contribution in [0.15, 0.2) is 0 Å². The highest BCUT2D eigenvalue weighted by atomic mass is 14.4. The maximum absolute atomic E-state index is 9.30. The lowest BCUT2D eigenvalue weighted by Crippen LogP contribution is -2.18. The van der Waals surface area contributed by atoms with Gasteiger partial charge in [0.15, 0.2) is 0 Å². The van der Waals surface area contributed by atoms with Crippen LogP contribution in [0.2, 0.25) is 0 Å². The van der Waals surface area contributed by atoms with E-state index in [0.717, 1.165) is 31.1 Å². The van der Waals surface area contributed by atoms with Crippen molar-refractivity contribution in [2.24, 2.45) is 17.3 Å². The van der Waals surface area contributed by atoms with Gasteiger partial charge in [0.05, 0.1) is 11.5 Å². The summed E-state index contributed by atoms with van der Waals surface area (Å²) in [5.41, 5.74) is 0.0357. The first-order chi connectivity index (χ1) is 6.62. The largest absolute Gasteiger partial charge is 0.198 e. The third-order valence-electron chi connectivity index (χ3n) is 3.61. The Labute approximate surface area is 88.5 Å². The van der Waals surface area contributed by atoms with Gasteiger partial charge in [0, 0.05) is 0 Å². The van der Waals surface area contributed by atoms with Crippen LogP contribution in [0.5, 0.6) is 0 Å². The molecule has 3 unspecified atom stereocenters. The predicted octanol–water partition coefficient (Wildman–Crippen LogP) is 4.14. The van der Waals surface area contributed by atoms with Crippen molar-refractivity contribution < 1.29 is 0 Å². The molecule has 1 rings (SSSR count). The number of nitriles is 1.